The molecule has 0 heterocycles. The summed E-state index contributed by atoms with van der Waals surface area (Å²) in [5, 5.41) is 8.19. The van der Waals surface area contributed by atoms with Crippen molar-refractivity contribution in [1.82, 2.24) is 5.32 Å². The lowest BCUT2D eigenvalue weighted by atomic mass is 10.2. The molecular formula is C14H15FN2O2S. The maximum Gasteiger partial charge on any atom is 0.238 e. The Morgan fingerprint density at radius 3 is 2.20 bits per heavy atom. The summed E-state index contributed by atoms with van der Waals surface area (Å²) in [5.74, 6) is -0.277. The van der Waals surface area contributed by atoms with Crippen LogP contribution in [0.2, 0.25) is 0 Å². The fraction of sp³-hybridized carbons (Fsp3) is 0.143. The Balaban J connectivity index is 1.98. The highest BCUT2D eigenvalue weighted by atomic mass is 32.2. The first-order valence-corrected chi connectivity index (χ1v) is 7.57. The van der Waals surface area contributed by atoms with Gasteiger partial charge in [-0.05, 0) is 35.4 Å². The summed E-state index contributed by atoms with van der Waals surface area (Å²) in [6.45, 7) is 0.969. The van der Waals surface area contributed by atoms with Crippen molar-refractivity contribution in [1.29, 1.82) is 0 Å². The molecule has 0 aliphatic heterocycles. The van der Waals surface area contributed by atoms with Gasteiger partial charge in [0, 0.05) is 13.1 Å². The zero-order valence-corrected chi connectivity index (χ0v) is 11.5. The van der Waals surface area contributed by atoms with Gasteiger partial charge in [0.2, 0.25) is 10.0 Å². The van der Waals surface area contributed by atoms with Crippen molar-refractivity contribution in [2.24, 2.45) is 5.14 Å². The highest BCUT2D eigenvalue weighted by molar-refractivity contribution is 7.89. The van der Waals surface area contributed by atoms with Crippen LogP contribution in [0.15, 0.2) is 53.4 Å². The molecule has 0 aliphatic rings. The Hall–Kier alpha value is -1.76. The van der Waals surface area contributed by atoms with Crippen molar-refractivity contribution in [2.45, 2.75) is 18.0 Å². The molecule has 0 saturated heterocycles. The van der Waals surface area contributed by atoms with Gasteiger partial charge in [0.05, 0.1) is 4.90 Å². The minimum atomic E-state index is -3.69. The molecule has 0 radical (unpaired) electrons. The lowest BCUT2D eigenvalue weighted by molar-refractivity contribution is 0.597. The highest BCUT2D eigenvalue weighted by Crippen LogP contribution is 2.10. The minimum Gasteiger partial charge on any atom is -0.309 e. The van der Waals surface area contributed by atoms with E-state index in [1.807, 2.05) is 6.07 Å². The highest BCUT2D eigenvalue weighted by Gasteiger charge is 2.07. The van der Waals surface area contributed by atoms with Crippen molar-refractivity contribution in [3.8, 4) is 0 Å². The van der Waals surface area contributed by atoms with E-state index in [0.717, 1.165) is 11.1 Å². The maximum atomic E-state index is 13.0. The zero-order chi connectivity index (χ0) is 14.6. The Morgan fingerprint density at radius 2 is 1.60 bits per heavy atom. The van der Waals surface area contributed by atoms with Crippen LogP contribution in [0.1, 0.15) is 11.1 Å². The molecule has 0 aromatic heterocycles. The van der Waals surface area contributed by atoms with E-state index in [1.165, 1.54) is 24.3 Å². The van der Waals surface area contributed by atoms with Crippen LogP contribution in [0.4, 0.5) is 4.39 Å². The number of halogens is 1. The van der Waals surface area contributed by atoms with Gasteiger partial charge >= 0.3 is 0 Å². The Labute approximate surface area is 117 Å². The molecule has 0 spiro atoms. The molecule has 106 valence electrons. The molecular weight excluding hydrogens is 279 g/mol. The Bertz CT molecular complexity index is 702. The molecule has 6 heteroatoms. The lowest BCUT2D eigenvalue weighted by Crippen LogP contribution is -2.15. The van der Waals surface area contributed by atoms with E-state index < -0.39 is 10.0 Å². The van der Waals surface area contributed by atoms with Crippen LogP contribution in [0.25, 0.3) is 0 Å². The fourth-order valence-electron chi connectivity index (χ4n) is 1.83. The van der Waals surface area contributed by atoms with E-state index >= 15 is 0 Å². The topological polar surface area (TPSA) is 72.2 Å². The summed E-state index contributed by atoms with van der Waals surface area (Å²) in [4.78, 5) is 0.0857. The van der Waals surface area contributed by atoms with Crippen molar-refractivity contribution in [3.63, 3.8) is 0 Å². The molecule has 0 fully saturated rings. The van der Waals surface area contributed by atoms with Gasteiger partial charge in [-0.1, -0.05) is 24.3 Å². The molecule has 0 bridgehead atoms. The van der Waals surface area contributed by atoms with Crippen LogP contribution in [0.3, 0.4) is 0 Å². The zero-order valence-electron chi connectivity index (χ0n) is 10.7. The second-order valence-electron chi connectivity index (χ2n) is 4.43. The van der Waals surface area contributed by atoms with Gasteiger partial charge in [0.15, 0.2) is 0 Å². The minimum absolute atomic E-state index is 0.0857. The van der Waals surface area contributed by atoms with Crippen molar-refractivity contribution in [2.75, 3.05) is 0 Å². The molecule has 0 unspecified atom stereocenters. The quantitative estimate of drug-likeness (QED) is 0.882. The second kappa shape index (κ2) is 6.13. The third-order valence-electron chi connectivity index (χ3n) is 2.77. The fourth-order valence-corrected chi connectivity index (χ4v) is 2.41. The smallest absolute Gasteiger partial charge is 0.238 e. The summed E-state index contributed by atoms with van der Waals surface area (Å²) in [6.07, 6.45) is 0. The third kappa shape index (κ3) is 4.12. The molecule has 0 atom stereocenters. The SMILES string of the molecule is NS(=O)(=O)c1cccc(CNCc2cccc(F)c2)c1. The number of nitrogens with one attached hydrogen (secondary N) is 1. The largest absolute Gasteiger partial charge is 0.309 e. The van der Waals surface area contributed by atoms with Crippen molar-refractivity contribution in [3.05, 3.63) is 65.5 Å². The molecule has 2 rings (SSSR count). The summed E-state index contributed by atoms with van der Waals surface area (Å²) in [7, 11) is -3.69. The third-order valence-corrected chi connectivity index (χ3v) is 3.69. The first-order valence-electron chi connectivity index (χ1n) is 6.02. The summed E-state index contributed by atoms with van der Waals surface area (Å²) in [5.41, 5.74) is 1.63. The Morgan fingerprint density at radius 1 is 1.00 bits per heavy atom. The van der Waals surface area contributed by atoms with E-state index in [4.69, 9.17) is 5.14 Å². The van der Waals surface area contributed by atoms with Crippen LogP contribution < -0.4 is 10.5 Å². The summed E-state index contributed by atoms with van der Waals surface area (Å²) < 4.78 is 35.5. The van der Waals surface area contributed by atoms with Crippen LogP contribution in [0, 0.1) is 5.82 Å². The van der Waals surface area contributed by atoms with Crippen LogP contribution in [-0.2, 0) is 23.1 Å². The number of hydrogen-bond acceptors (Lipinski definition) is 3. The molecule has 3 N–H and O–H groups in total. The van der Waals surface area contributed by atoms with Crippen LogP contribution >= 0.6 is 0 Å². The lowest BCUT2D eigenvalue weighted by Gasteiger charge is -2.06. The van der Waals surface area contributed by atoms with E-state index in [-0.39, 0.29) is 10.7 Å². The number of sulfonamides is 1. The molecule has 0 amide bonds. The molecule has 2 aromatic carbocycles. The molecule has 4 nitrogen and oxygen atoms in total. The van der Waals surface area contributed by atoms with Gasteiger partial charge in [-0.15, -0.1) is 0 Å². The maximum absolute atomic E-state index is 13.0. The standard InChI is InChI=1S/C14H15FN2O2S/c15-13-5-1-3-11(7-13)9-17-10-12-4-2-6-14(8-12)20(16,18)19/h1-8,17H,9-10H2,(H2,16,18,19). The average Bonchev–Trinajstić information content (AvgIpc) is 2.38. The first-order chi connectivity index (χ1) is 9.45. The average molecular weight is 294 g/mol. The number of nitrogens with two attached hydrogens (primary N) is 1. The van der Waals surface area contributed by atoms with Gasteiger partial charge in [0.25, 0.3) is 0 Å². The van der Waals surface area contributed by atoms with Gasteiger partial charge in [-0.3, -0.25) is 0 Å². The van der Waals surface area contributed by atoms with Crippen LogP contribution in [0.5, 0.6) is 0 Å². The van der Waals surface area contributed by atoms with Gasteiger partial charge in [-0.2, -0.15) is 0 Å². The normalized spacial score (nSPS) is 11.5. The number of hydrogen-bond donors (Lipinski definition) is 2. The number of primary sulfonamides is 1. The molecule has 20 heavy (non-hydrogen) atoms. The van der Waals surface area contributed by atoms with E-state index in [1.54, 1.807) is 18.2 Å². The molecule has 2 aromatic rings. The van der Waals surface area contributed by atoms with Crippen LogP contribution in [-0.4, -0.2) is 8.42 Å². The van der Waals surface area contributed by atoms with Gasteiger partial charge in [-0.25, -0.2) is 17.9 Å². The van der Waals surface area contributed by atoms with E-state index in [0.29, 0.717) is 13.1 Å². The predicted octanol–water partition coefficient (Wildman–Crippen LogP) is 1.76. The second-order valence-corrected chi connectivity index (χ2v) is 5.99. The van der Waals surface area contributed by atoms with Gasteiger partial charge in [0.1, 0.15) is 5.82 Å². The van der Waals surface area contributed by atoms with Crippen molar-refractivity contribution >= 4 is 10.0 Å². The summed E-state index contributed by atoms with van der Waals surface area (Å²) in [6, 6.07) is 12.7. The molecule has 0 aliphatic carbocycles. The summed E-state index contributed by atoms with van der Waals surface area (Å²) >= 11 is 0. The molecule has 0 saturated carbocycles. The van der Waals surface area contributed by atoms with E-state index in [2.05, 4.69) is 5.32 Å². The van der Waals surface area contributed by atoms with Gasteiger partial charge < -0.3 is 5.32 Å². The monoisotopic (exact) mass is 294 g/mol. The Kier molecular flexibility index (Phi) is 4.49. The number of benzene rings is 2. The van der Waals surface area contributed by atoms with E-state index in [9.17, 15) is 12.8 Å². The predicted molar refractivity (Wildman–Crippen MR) is 74.8 cm³/mol. The number of rotatable bonds is 5. The first kappa shape index (κ1) is 14.6. The van der Waals surface area contributed by atoms with Crippen molar-refractivity contribution < 1.29 is 12.8 Å².